The van der Waals surface area contributed by atoms with Crippen LogP contribution in [0.3, 0.4) is 0 Å². The van der Waals surface area contributed by atoms with Crippen molar-refractivity contribution in [2.24, 2.45) is 0 Å². The van der Waals surface area contributed by atoms with Crippen LogP contribution in [0.15, 0.2) is 12.1 Å². The number of rotatable bonds is 2. The Bertz CT molecular complexity index is 403. The number of nitrogens with zero attached hydrogens (tertiary/aromatic N) is 1. The number of carbonyl (C=O) groups is 1. The molecule has 0 saturated heterocycles. The molecule has 0 aliphatic rings. The fraction of sp³-hybridized carbons (Fsp3) is 0.333. The highest BCUT2D eigenvalue weighted by atomic mass is 19.4. The lowest BCUT2D eigenvalue weighted by Gasteiger charge is -2.07. The molecular weight excluding hydrogens is 230 g/mol. The van der Waals surface area contributed by atoms with E-state index >= 15 is 0 Å². The van der Waals surface area contributed by atoms with Gasteiger partial charge >= 0.3 is 12.1 Å². The minimum atomic E-state index is -4.70. The van der Waals surface area contributed by atoms with Crippen molar-refractivity contribution in [3.05, 3.63) is 29.3 Å². The fourth-order valence-electron chi connectivity index (χ4n) is 0.981. The zero-order valence-electron chi connectivity index (χ0n) is 8.14. The van der Waals surface area contributed by atoms with Crippen molar-refractivity contribution in [1.82, 2.24) is 4.98 Å². The van der Waals surface area contributed by atoms with Crippen molar-refractivity contribution < 1.29 is 27.1 Å². The van der Waals surface area contributed by atoms with Gasteiger partial charge in [-0.1, -0.05) is 6.07 Å². The molecular formula is C9H7F4NO2. The van der Waals surface area contributed by atoms with Gasteiger partial charge in [0.1, 0.15) is 5.69 Å². The van der Waals surface area contributed by atoms with Crippen LogP contribution in [0, 0.1) is 5.95 Å². The van der Waals surface area contributed by atoms with E-state index in [1.165, 1.54) is 0 Å². The molecule has 0 bridgehead atoms. The van der Waals surface area contributed by atoms with E-state index in [-0.39, 0.29) is 5.56 Å². The topological polar surface area (TPSA) is 39.2 Å². The summed E-state index contributed by atoms with van der Waals surface area (Å²) in [4.78, 5) is 13.5. The average molecular weight is 237 g/mol. The number of methoxy groups -OCH3 is 1. The molecule has 0 fully saturated rings. The van der Waals surface area contributed by atoms with Crippen LogP contribution >= 0.6 is 0 Å². The summed E-state index contributed by atoms with van der Waals surface area (Å²) in [6, 6.07) is 1.48. The summed E-state index contributed by atoms with van der Waals surface area (Å²) in [6.45, 7) is 0. The van der Waals surface area contributed by atoms with Crippen molar-refractivity contribution in [3.8, 4) is 0 Å². The van der Waals surface area contributed by atoms with E-state index in [4.69, 9.17) is 0 Å². The van der Waals surface area contributed by atoms with E-state index in [0.29, 0.717) is 6.07 Å². The second-order valence-electron chi connectivity index (χ2n) is 2.90. The van der Waals surface area contributed by atoms with E-state index < -0.39 is 30.2 Å². The number of hydrogen-bond acceptors (Lipinski definition) is 3. The largest absolute Gasteiger partial charge is 0.469 e. The van der Waals surface area contributed by atoms with Crippen molar-refractivity contribution >= 4 is 5.97 Å². The van der Waals surface area contributed by atoms with Gasteiger partial charge in [-0.05, 0) is 6.07 Å². The molecule has 0 N–H and O–H groups in total. The van der Waals surface area contributed by atoms with Gasteiger partial charge in [0.25, 0.3) is 0 Å². The van der Waals surface area contributed by atoms with Crippen LogP contribution in [0.1, 0.15) is 11.3 Å². The standard InChI is InChI=1S/C9H7F4NO2/c1-16-7(15)4-5-2-3-6(9(11,12)13)14-8(5)10/h2-3H,4H2,1H3. The van der Waals surface area contributed by atoms with Crippen LogP contribution in [-0.4, -0.2) is 18.1 Å². The highest BCUT2D eigenvalue weighted by molar-refractivity contribution is 5.72. The molecule has 16 heavy (non-hydrogen) atoms. The van der Waals surface area contributed by atoms with Gasteiger partial charge in [-0.25, -0.2) is 4.98 Å². The molecule has 0 radical (unpaired) electrons. The van der Waals surface area contributed by atoms with Crippen LogP contribution in [0.25, 0.3) is 0 Å². The Morgan fingerprint density at radius 2 is 2.06 bits per heavy atom. The minimum Gasteiger partial charge on any atom is -0.469 e. The number of pyridine rings is 1. The molecule has 7 heteroatoms. The monoisotopic (exact) mass is 237 g/mol. The summed E-state index contributed by atoms with van der Waals surface area (Å²) in [5.41, 5.74) is -1.57. The number of hydrogen-bond donors (Lipinski definition) is 0. The molecule has 1 heterocycles. The first kappa shape index (κ1) is 12.4. The quantitative estimate of drug-likeness (QED) is 0.448. The fourth-order valence-corrected chi connectivity index (χ4v) is 0.981. The Kier molecular flexibility index (Phi) is 3.46. The first-order chi connectivity index (χ1) is 7.34. The summed E-state index contributed by atoms with van der Waals surface area (Å²) >= 11 is 0. The molecule has 0 amide bonds. The molecule has 0 aliphatic heterocycles. The van der Waals surface area contributed by atoms with Gasteiger partial charge in [0, 0.05) is 5.56 Å². The highest BCUT2D eigenvalue weighted by Gasteiger charge is 2.33. The number of carbonyl (C=O) groups excluding carboxylic acids is 1. The van der Waals surface area contributed by atoms with Crippen LogP contribution in [0.2, 0.25) is 0 Å². The zero-order chi connectivity index (χ0) is 12.3. The molecule has 0 saturated carbocycles. The number of esters is 1. The van der Waals surface area contributed by atoms with Gasteiger partial charge in [-0.2, -0.15) is 17.6 Å². The number of alkyl halides is 3. The minimum absolute atomic E-state index is 0.236. The lowest BCUT2D eigenvalue weighted by molar-refractivity contribution is -0.141. The van der Waals surface area contributed by atoms with E-state index in [1.807, 2.05) is 0 Å². The van der Waals surface area contributed by atoms with Gasteiger partial charge < -0.3 is 4.74 Å². The SMILES string of the molecule is COC(=O)Cc1ccc(C(F)(F)F)nc1F. The Balaban J connectivity index is 2.96. The third-order valence-corrected chi connectivity index (χ3v) is 1.78. The van der Waals surface area contributed by atoms with Gasteiger partial charge in [-0.15, -0.1) is 0 Å². The van der Waals surface area contributed by atoms with Crippen LogP contribution in [0.4, 0.5) is 17.6 Å². The Hall–Kier alpha value is -1.66. The molecule has 1 rings (SSSR count). The maximum absolute atomic E-state index is 13.1. The van der Waals surface area contributed by atoms with E-state index in [0.717, 1.165) is 13.2 Å². The normalized spacial score (nSPS) is 11.3. The lowest BCUT2D eigenvalue weighted by atomic mass is 10.2. The van der Waals surface area contributed by atoms with Crippen molar-refractivity contribution in [2.75, 3.05) is 7.11 Å². The van der Waals surface area contributed by atoms with E-state index in [1.54, 1.807) is 0 Å². The molecule has 0 spiro atoms. The summed E-state index contributed by atoms with van der Waals surface area (Å²) < 4.78 is 53.6. The predicted octanol–water partition coefficient (Wildman–Crippen LogP) is 1.95. The van der Waals surface area contributed by atoms with Gasteiger partial charge in [0.2, 0.25) is 5.95 Å². The molecule has 0 aromatic carbocycles. The lowest BCUT2D eigenvalue weighted by Crippen LogP contribution is -2.12. The number of ether oxygens (including phenoxy) is 1. The van der Waals surface area contributed by atoms with E-state index in [2.05, 4.69) is 9.72 Å². The van der Waals surface area contributed by atoms with E-state index in [9.17, 15) is 22.4 Å². The van der Waals surface area contributed by atoms with Gasteiger partial charge in [0.15, 0.2) is 0 Å². The van der Waals surface area contributed by atoms with Crippen molar-refractivity contribution in [3.63, 3.8) is 0 Å². The average Bonchev–Trinajstić information content (AvgIpc) is 2.19. The molecule has 0 unspecified atom stereocenters. The first-order valence-corrected chi connectivity index (χ1v) is 4.14. The first-order valence-electron chi connectivity index (χ1n) is 4.14. The second kappa shape index (κ2) is 4.46. The smallest absolute Gasteiger partial charge is 0.433 e. The summed E-state index contributed by atoms with van der Waals surface area (Å²) in [7, 11) is 1.09. The summed E-state index contributed by atoms with van der Waals surface area (Å²) in [6.07, 6.45) is -5.15. The van der Waals surface area contributed by atoms with Crippen LogP contribution < -0.4 is 0 Å². The van der Waals surface area contributed by atoms with Gasteiger partial charge in [0.05, 0.1) is 13.5 Å². The zero-order valence-corrected chi connectivity index (χ0v) is 8.14. The number of halogens is 4. The summed E-state index contributed by atoms with van der Waals surface area (Å²) in [5.74, 6) is -2.07. The molecule has 88 valence electrons. The Morgan fingerprint density at radius 1 is 1.44 bits per heavy atom. The summed E-state index contributed by atoms with van der Waals surface area (Å²) in [5, 5.41) is 0. The molecule has 0 aliphatic carbocycles. The predicted molar refractivity (Wildman–Crippen MR) is 44.9 cm³/mol. The molecule has 1 aromatic heterocycles. The molecule has 1 aromatic rings. The van der Waals surface area contributed by atoms with Crippen LogP contribution in [-0.2, 0) is 22.1 Å². The molecule has 0 atom stereocenters. The van der Waals surface area contributed by atoms with Crippen LogP contribution in [0.5, 0.6) is 0 Å². The third kappa shape index (κ3) is 2.91. The maximum Gasteiger partial charge on any atom is 0.433 e. The second-order valence-corrected chi connectivity index (χ2v) is 2.90. The maximum atomic E-state index is 13.1. The highest BCUT2D eigenvalue weighted by Crippen LogP contribution is 2.28. The Labute approximate surface area is 88.0 Å². The third-order valence-electron chi connectivity index (χ3n) is 1.78. The Morgan fingerprint density at radius 3 is 2.50 bits per heavy atom. The molecule has 3 nitrogen and oxygen atoms in total. The van der Waals surface area contributed by atoms with Crippen molar-refractivity contribution in [1.29, 1.82) is 0 Å². The van der Waals surface area contributed by atoms with Crippen molar-refractivity contribution in [2.45, 2.75) is 12.6 Å². The van der Waals surface area contributed by atoms with Gasteiger partial charge in [-0.3, -0.25) is 4.79 Å². The number of aromatic nitrogens is 1.